The monoisotopic (exact) mass is 399 g/mol. The fourth-order valence-electron chi connectivity index (χ4n) is 4.93. The molecule has 0 spiro atoms. The molecule has 3 heterocycles. The Morgan fingerprint density at radius 1 is 1.24 bits per heavy atom. The summed E-state index contributed by atoms with van der Waals surface area (Å²) in [6.07, 6.45) is 0.935. The van der Waals surface area contributed by atoms with E-state index in [1.165, 1.54) is 6.07 Å². The molecule has 1 aromatic heterocycles. The number of aliphatic hydroxyl groups is 1. The molecule has 0 radical (unpaired) electrons. The second-order valence-corrected chi connectivity index (χ2v) is 8.04. The number of carbonyl (C=O) groups is 1. The van der Waals surface area contributed by atoms with Crippen molar-refractivity contribution in [3.63, 3.8) is 0 Å². The van der Waals surface area contributed by atoms with Crippen LogP contribution in [0.1, 0.15) is 40.0 Å². The van der Waals surface area contributed by atoms with Crippen molar-refractivity contribution in [1.29, 1.82) is 0 Å². The third kappa shape index (κ3) is 3.72. The summed E-state index contributed by atoms with van der Waals surface area (Å²) >= 11 is 0. The third-order valence-electron chi connectivity index (χ3n) is 6.21. The molecule has 1 saturated heterocycles. The standard InChI is InChI=1S/C22H26FN3O3/c1-14-4-2-5-17(23)21(14)22(29)24-11-19-16-10-15(12-25(13-16)8-9-27)18-6-3-7-20(28)26(18)19/h2-7,15-16,19,27H,8-13H2,1H3,(H,24,29)/t15-,16+,19+/m1/s1. The van der Waals surface area contributed by atoms with E-state index in [1.807, 2.05) is 10.6 Å². The highest BCUT2D eigenvalue weighted by atomic mass is 19.1. The van der Waals surface area contributed by atoms with E-state index < -0.39 is 11.7 Å². The van der Waals surface area contributed by atoms with Gasteiger partial charge in [-0.2, -0.15) is 0 Å². The molecule has 3 atom stereocenters. The average molecular weight is 399 g/mol. The number of β-amino-alcohol motifs (C(OH)–C–C–N with tert-alkyl or cyclic N) is 1. The summed E-state index contributed by atoms with van der Waals surface area (Å²) < 4.78 is 16.0. The van der Waals surface area contributed by atoms with Crippen LogP contribution in [-0.2, 0) is 0 Å². The topological polar surface area (TPSA) is 74.6 Å². The lowest BCUT2D eigenvalue weighted by Crippen LogP contribution is -2.52. The van der Waals surface area contributed by atoms with Crippen LogP contribution >= 0.6 is 0 Å². The van der Waals surface area contributed by atoms with E-state index in [0.717, 1.165) is 25.2 Å². The van der Waals surface area contributed by atoms with Gasteiger partial charge in [0.05, 0.1) is 18.2 Å². The molecule has 2 bridgehead atoms. The molecule has 1 amide bonds. The number of aryl methyl sites for hydroxylation is 1. The molecule has 0 aliphatic carbocycles. The molecule has 7 heteroatoms. The molecular weight excluding hydrogens is 373 g/mol. The molecule has 2 aromatic rings. The molecule has 1 aromatic carbocycles. The second kappa shape index (κ2) is 8.08. The summed E-state index contributed by atoms with van der Waals surface area (Å²) in [6.45, 7) is 4.22. The first kappa shape index (κ1) is 19.8. The van der Waals surface area contributed by atoms with Gasteiger partial charge in [0.15, 0.2) is 0 Å². The number of rotatable bonds is 5. The van der Waals surface area contributed by atoms with Crippen LogP contribution < -0.4 is 10.9 Å². The van der Waals surface area contributed by atoms with Gasteiger partial charge in [0.1, 0.15) is 5.82 Å². The van der Waals surface area contributed by atoms with E-state index >= 15 is 0 Å². The zero-order chi connectivity index (χ0) is 20.5. The number of amides is 1. The van der Waals surface area contributed by atoms with Crippen molar-refractivity contribution in [2.45, 2.75) is 25.3 Å². The van der Waals surface area contributed by atoms with Gasteiger partial charge in [-0.3, -0.25) is 9.59 Å². The lowest BCUT2D eigenvalue weighted by atomic mass is 9.78. The number of fused-ring (bicyclic) bond motifs is 4. The summed E-state index contributed by atoms with van der Waals surface area (Å²) in [7, 11) is 0. The van der Waals surface area contributed by atoms with E-state index in [2.05, 4.69) is 10.2 Å². The summed E-state index contributed by atoms with van der Waals surface area (Å²) in [6, 6.07) is 9.66. The first-order valence-electron chi connectivity index (χ1n) is 10.1. The number of pyridine rings is 1. The number of benzene rings is 1. The Bertz CT molecular complexity index is 954. The van der Waals surface area contributed by atoms with Crippen molar-refractivity contribution in [2.24, 2.45) is 5.92 Å². The van der Waals surface area contributed by atoms with Crippen LogP contribution in [0.2, 0.25) is 0 Å². The normalized spacial score (nSPS) is 23.5. The molecule has 154 valence electrons. The Hall–Kier alpha value is -2.51. The van der Waals surface area contributed by atoms with Crippen LogP contribution in [0.5, 0.6) is 0 Å². The Kier molecular flexibility index (Phi) is 5.52. The Morgan fingerprint density at radius 2 is 2.03 bits per heavy atom. The van der Waals surface area contributed by atoms with E-state index in [4.69, 9.17) is 0 Å². The van der Waals surface area contributed by atoms with Gasteiger partial charge in [-0.15, -0.1) is 0 Å². The largest absolute Gasteiger partial charge is 0.395 e. The number of hydrogen-bond acceptors (Lipinski definition) is 4. The lowest BCUT2D eigenvalue weighted by molar-refractivity contribution is 0.0729. The van der Waals surface area contributed by atoms with E-state index in [0.29, 0.717) is 12.1 Å². The summed E-state index contributed by atoms with van der Waals surface area (Å²) in [5, 5.41) is 12.2. The molecule has 1 fully saturated rings. The fourth-order valence-corrected chi connectivity index (χ4v) is 4.93. The zero-order valence-corrected chi connectivity index (χ0v) is 16.5. The van der Waals surface area contributed by atoms with Crippen molar-refractivity contribution < 1.29 is 14.3 Å². The highest BCUT2D eigenvalue weighted by Gasteiger charge is 2.40. The number of aliphatic hydroxyl groups excluding tert-OH is 1. The zero-order valence-electron chi connectivity index (χ0n) is 16.5. The molecule has 2 aliphatic heterocycles. The van der Waals surface area contributed by atoms with Gasteiger partial charge in [-0.1, -0.05) is 18.2 Å². The number of halogens is 1. The second-order valence-electron chi connectivity index (χ2n) is 8.04. The van der Waals surface area contributed by atoms with E-state index in [9.17, 15) is 19.1 Å². The van der Waals surface area contributed by atoms with Crippen LogP contribution in [-0.4, -0.2) is 53.3 Å². The molecular formula is C22H26FN3O3. The van der Waals surface area contributed by atoms with Crippen molar-refractivity contribution >= 4 is 5.91 Å². The summed E-state index contributed by atoms with van der Waals surface area (Å²) in [5.41, 5.74) is 1.52. The minimum Gasteiger partial charge on any atom is -0.395 e. The molecule has 29 heavy (non-hydrogen) atoms. The number of hydrogen-bond donors (Lipinski definition) is 2. The number of nitrogens with one attached hydrogen (secondary N) is 1. The Morgan fingerprint density at radius 3 is 2.79 bits per heavy atom. The Labute approximate surface area is 169 Å². The quantitative estimate of drug-likeness (QED) is 0.802. The highest BCUT2D eigenvalue weighted by Crippen LogP contribution is 2.40. The maximum atomic E-state index is 14.2. The van der Waals surface area contributed by atoms with E-state index in [-0.39, 0.29) is 42.2 Å². The first-order chi connectivity index (χ1) is 14.0. The molecule has 2 N–H and O–H groups in total. The number of nitrogens with zero attached hydrogens (tertiary/aromatic N) is 2. The smallest absolute Gasteiger partial charge is 0.254 e. The minimum absolute atomic E-state index is 0.0485. The van der Waals surface area contributed by atoms with Gasteiger partial charge in [-0.05, 0) is 37.0 Å². The van der Waals surface area contributed by atoms with Crippen molar-refractivity contribution in [3.05, 3.63) is 69.4 Å². The Balaban J connectivity index is 1.61. The molecule has 6 nitrogen and oxygen atoms in total. The minimum atomic E-state index is -0.546. The lowest BCUT2D eigenvalue weighted by Gasteiger charge is -2.47. The predicted molar refractivity (Wildman–Crippen MR) is 108 cm³/mol. The van der Waals surface area contributed by atoms with Gasteiger partial charge in [0.25, 0.3) is 11.5 Å². The number of likely N-dealkylation sites (tertiary alicyclic amines) is 1. The number of aromatic nitrogens is 1. The van der Waals surface area contributed by atoms with Crippen LogP contribution in [0.3, 0.4) is 0 Å². The summed E-state index contributed by atoms with van der Waals surface area (Å²) in [4.78, 5) is 27.6. The van der Waals surface area contributed by atoms with Crippen molar-refractivity contribution in [2.75, 3.05) is 32.8 Å². The number of piperidine rings is 1. The SMILES string of the molecule is Cc1cccc(F)c1C(=O)NC[C@H]1[C@H]2C[C@H](CN(CCO)C2)c2cccc(=O)n21. The summed E-state index contributed by atoms with van der Waals surface area (Å²) in [5.74, 6) is -0.600. The fraction of sp³-hybridized carbons (Fsp3) is 0.455. The molecule has 4 rings (SSSR count). The van der Waals surface area contributed by atoms with Crippen LogP contribution in [0.25, 0.3) is 0 Å². The molecule has 0 unspecified atom stereocenters. The average Bonchev–Trinajstić information content (AvgIpc) is 2.68. The third-order valence-corrected chi connectivity index (χ3v) is 6.21. The van der Waals surface area contributed by atoms with Crippen LogP contribution in [0.4, 0.5) is 4.39 Å². The van der Waals surface area contributed by atoms with Crippen LogP contribution in [0.15, 0.2) is 41.2 Å². The highest BCUT2D eigenvalue weighted by molar-refractivity contribution is 5.95. The first-order valence-corrected chi connectivity index (χ1v) is 10.1. The maximum Gasteiger partial charge on any atom is 0.254 e. The van der Waals surface area contributed by atoms with E-state index in [1.54, 1.807) is 31.2 Å². The maximum absolute atomic E-state index is 14.2. The van der Waals surface area contributed by atoms with Gasteiger partial charge < -0.3 is 19.9 Å². The van der Waals surface area contributed by atoms with Gasteiger partial charge in [0, 0.05) is 43.9 Å². The van der Waals surface area contributed by atoms with Gasteiger partial charge in [-0.25, -0.2) is 4.39 Å². The van der Waals surface area contributed by atoms with Crippen molar-refractivity contribution in [3.8, 4) is 0 Å². The van der Waals surface area contributed by atoms with Crippen LogP contribution in [0, 0.1) is 18.7 Å². The molecule has 2 aliphatic rings. The van der Waals surface area contributed by atoms with Gasteiger partial charge >= 0.3 is 0 Å². The number of carbonyl (C=O) groups excluding carboxylic acids is 1. The molecule has 0 saturated carbocycles. The van der Waals surface area contributed by atoms with Gasteiger partial charge in [0.2, 0.25) is 0 Å². The van der Waals surface area contributed by atoms with Crippen molar-refractivity contribution in [1.82, 2.24) is 14.8 Å². The predicted octanol–water partition coefficient (Wildman–Crippen LogP) is 1.68.